The summed E-state index contributed by atoms with van der Waals surface area (Å²) in [6, 6.07) is 0. The lowest BCUT2D eigenvalue weighted by molar-refractivity contribution is -0.144. The first-order valence-electron chi connectivity index (χ1n) is 13.5. The van der Waals surface area contributed by atoms with E-state index in [0.717, 1.165) is 38.5 Å². The minimum atomic E-state index is -0.674. The van der Waals surface area contributed by atoms with Gasteiger partial charge in [0.15, 0.2) is 0 Å². The van der Waals surface area contributed by atoms with Gasteiger partial charge in [0.05, 0.1) is 6.61 Å². The first kappa shape index (κ1) is 29.9. The molecule has 0 amide bonds. The molecular formula is C27H52O4. The lowest BCUT2D eigenvalue weighted by Gasteiger charge is -2.06. The molecule has 184 valence electrons. The van der Waals surface area contributed by atoms with Crippen LogP contribution < -0.4 is 0 Å². The Balaban J connectivity index is 3.15. The number of carbonyl (C=O) groups is 2. The fraction of sp³-hybridized carbons (Fsp3) is 0.926. The van der Waals surface area contributed by atoms with E-state index in [1.165, 1.54) is 96.3 Å². The molecule has 0 fully saturated rings. The maximum absolute atomic E-state index is 11.8. The van der Waals surface area contributed by atoms with Gasteiger partial charge in [0.25, 0.3) is 0 Å². The molecule has 0 bridgehead atoms. The van der Waals surface area contributed by atoms with Crippen LogP contribution in [0.1, 0.15) is 155 Å². The standard InChI is InChI=1S/C27H52O4/c1-2-3-4-5-6-11-15-18-21-24-27(30)31-25-22-19-16-13-10-8-7-9-12-14-17-20-23-26(28)29/h2-25H2,1H3,(H,28,29). The molecule has 0 aliphatic carbocycles. The van der Waals surface area contributed by atoms with Crippen molar-refractivity contribution < 1.29 is 19.4 Å². The zero-order valence-electron chi connectivity index (χ0n) is 20.6. The largest absolute Gasteiger partial charge is 0.481 e. The quantitative estimate of drug-likeness (QED) is 0.114. The van der Waals surface area contributed by atoms with Gasteiger partial charge in [-0.1, -0.05) is 122 Å². The maximum Gasteiger partial charge on any atom is 0.305 e. The highest BCUT2D eigenvalue weighted by atomic mass is 16.5. The monoisotopic (exact) mass is 440 g/mol. The molecule has 0 rings (SSSR count). The molecule has 1 N–H and O–H groups in total. The third-order valence-corrected chi connectivity index (χ3v) is 6.03. The van der Waals surface area contributed by atoms with Crippen molar-refractivity contribution in [1.82, 2.24) is 0 Å². The zero-order valence-corrected chi connectivity index (χ0v) is 20.6. The first-order chi connectivity index (χ1) is 15.2. The average Bonchev–Trinajstić information content (AvgIpc) is 2.75. The molecule has 0 heterocycles. The van der Waals surface area contributed by atoms with Crippen LogP contribution in [0.4, 0.5) is 0 Å². The van der Waals surface area contributed by atoms with E-state index in [1.54, 1.807) is 0 Å². The summed E-state index contributed by atoms with van der Waals surface area (Å²) in [4.78, 5) is 22.2. The number of ether oxygens (including phenoxy) is 1. The van der Waals surface area contributed by atoms with E-state index in [4.69, 9.17) is 9.84 Å². The predicted molar refractivity (Wildman–Crippen MR) is 130 cm³/mol. The fourth-order valence-electron chi connectivity index (χ4n) is 3.98. The van der Waals surface area contributed by atoms with Gasteiger partial charge in [-0.3, -0.25) is 9.59 Å². The van der Waals surface area contributed by atoms with Gasteiger partial charge >= 0.3 is 11.9 Å². The summed E-state index contributed by atoms with van der Waals surface area (Å²) in [5.74, 6) is -0.682. The van der Waals surface area contributed by atoms with Gasteiger partial charge in [-0.05, 0) is 19.3 Å². The smallest absolute Gasteiger partial charge is 0.305 e. The first-order valence-corrected chi connectivity index (χ1v) is 13.5. The van der Waals surface area contributed by atoms with Gasteiger partial charge in [0.2, 0.25) is 0 Å². The highest BCUT2D eigenvalue weighted by Crippen LogP contribution is 2.13. The van der Waals surface area contributed by atoms with Crippen molar-refractivity contribution in [2.24, 2.45) is 0 Å². The molecule has 0 aliphatic heterocycles. The van der Waals surface area contributed by atoms with Gasteiger partial charge in [0, 0.05) is 12.8 Å². The van der Waals surface area contributed by atoms with E-state index >= 15 is 0 Å². The van der Waals surface area contributed by atoms with E-state index in [9.17, 15) is 9.59 Å². The van der Waals surface area contributed by atoms with E-state index in [0.29, 0.717) is 19.4 Å². The molecule has 4 nitrogen and oxygen atoms in total. The summed E-state index contributed by atoms with van der Waals surface area (Å²) in [7, 11) is 0. The molecule has 31 heavy (non-hydrogen) atoms. The van der Waals surface area contributed by atoms with Crippen LogP contribution in [-0.4, -0.2) is 23.7 Å². The maximum atomic E-state index is 11.8. The molecule has 0 radical (unpaired) electrons. The van der Waals surface area contributed by atoms with Crippen molar-refractivity contribution >= 4 is 11.9 Å². The highest BCUT2D eigenvalue weighted by Gasteiger charge is 2.02. The van der Waals surface area contributed by atoms with Gasteiger partial charge in [-0.2, -0.15) is 0 Å². The van der Waals surface area contributed by atoms with Crippen LogP contribution in [-0.2, 0) is 14.3 Å². The van der Waals surface area contributed by atoms with E-state index < -0.39 is 5.97 Å². The van der Waals surface area contributed by atoms with Crippen molar-refractivity contribution in [3.63, 3.8) is 0 Å². The van der Waals surface area contributed by atoms with Gasteiger partial charge in [-0.25, -0.2) is 0 Å². The lowest BCUT2D eigenvalue weighted by Crippen LogP contribution is -2.05. The molecule has 0 spiro atoms. The van der Waals surface area contributed by atoms with Crippen LogP contribution in [0.3, 0.4) is 0 Å². The van der Waals surface area contributed by atoms with Crippen LogP contribution >= 0.6 is 0 Å². The molecule has 0 aromatic heterocycles. The van der Waals surface area contributed by atoms with Crippen LogP contribution in [0.25, 0.3) is 0 Å². The van der Waals surface area contributed by atoms with Crippen molar-refractivity contribution in [3.05, 3.63) is 0 Å². The number of carboxylic acids is 1. The van der Waals surface area contributed by atoms with Gasteiger partial charge < -0.3 is 9.84 Å². The molecule has 0 aromatic carbocycles. The summed E-state index contributed by atoms with van der Waals surface area (Å²) >= 11 is 0. The average molecular weight is 441 g/mol. The minimum Gasteiger partial charge on any atom is -0.481 e. The molecule has 4 heteroatoms. The Bertz CT molecular complexity index is 395. The number of carbonyl (C=O) groups excluding carboxylic acids is 1. The number of unbranched alkanes of at least 4 members (excludes halogenated alkanes) is 19. The number of esters is 1. The summed E-state index contributed by atoms with van der Waals surface area (Å²) in [5, 5.41) is 8.59. The Labute approximate surface area is 192 Å². The van der Waals surface area contributed by atoms with Gasteiger partial charge in [0.1, 0.15) is 0 Å². The Morgan fingerprint density at radius 2 is 0.871 bits per heavy atom. The predicted octanol–water partition coefficient (Wildman–Crippen LogP) is 8.61. The third-order valence-electron chi connectivity index (χ3n) is 6.03. The van der Waals surface area contributed by atoms with Crippen molar-refractivity contribution in [2.45, 2.75) is 155 Å². The van der Waals surface area contributed by atoms with E-state index in [2.05, 4.69) is 6.92 Å². The topological polar surface area (TPSA) is 63.6 Å². The fourth-order valence-corrected chi connectivity index (χ4v) is 3.98. The third kappa shape index (κ3) is 26.9. The number of hydrogen-bond donors (Lipinski definition) is 1. The number of carboxylic acid groups (broad SMARTS) is 1. The van der Waals surface area contributed by atoms with Crippen molar-refractivity contribution in [3.8, 4) is 0 Å². The molecular weight excluding hydrogens is 388 g/mol. The Morgan fingerprint density at radius 1 is 0.516 bits per heavy atom. The number of hydrogen-bond acceptors (Lipinski definition) is 3. The molecule has 0 aliphatic rings. The SMILES string of the molecule is CCCCCCCCCCCC(=O)OCCCCCCCCCCCCCCC(=O)O. The molecule has 0 saturated heterocycles. The molecule has 0 saturated carbocycles. The Morgan fingerprint density at radius 3 is 1.29 bits per heavy atom. The minimum absolute atomic E-state index is 0.00842. The number of aliphatic carboxylic acids is 1. The second-order valence-electron chi connectivity index (χ2n) is 9.19. The van der Waals surface area contributed by atoms with Crippen molar-refractivity contribution in [2.75, 3.05) is 6.61 Å². The van der Waals surface area contributed by atoms with Crippen LogP contribution in [0, 0.1) is 0 Å². The summed E-state index contributed by atoms with van der Waals surface area (Å²) in [5.41, 5.74) is 0. The van der Waals surface area contributed by atoms with E-state index in [-0.39, 0.29) is 5.97 Å². The van der Waals surface area contributed by atoms with Crippen LogP contribution in [0.2, 0.25) is 0 Å². The van der Waals surface area contributed by atoms with E-state index in [1.807, 2.05) is 0 Å². The Kier molecular flexibility index (Phi) is 24.3. The van der Waals surface area contributed by atoms with Crippen LogP contribution in [0.15, 0.2) is 0 Å². The second kappa shape index (κ2) is 25.2. The number of rotatable bonds is 25. The summed E-state index contributed by atoms with van der Waals surface area (Å²) in [6.45, 7) is 2.85. The zero-order chi connectivity index (χ0) is 22.8. The second-order valence-corrected chi connectivity index (χ2v) is 9.19. The molecule has 0 aromatic rings. The summed E-state index contributed by atoms with van der Waals surface area (Å²) in [6.07, 6.45) is 26.6. The Hall–Kier alpha value is -1.06. The lowest BCUT2D eigenvalue weighted by atomic mass is 10.0. The molecule has 0 unspecified atom stereocenters. The molecule has 0 atom stereocenters. The summed E-state index contributed by atoms with van der Waals surface area (Å²) < 4.78 is 5.36. The van der Waals surface area contributed by atoms with Gasteiger partial charge in [-0.15, -0.1) is 0 Å². The van der Waals surface area contributed by atoms with Crippen molar-refractivity contribution in [1.29, 1.82) is 0 Å². The normalized spacial score (nSPS) is 11.0. The van der Waals surface area contributed by atoms with Crippen LogP contribution in [0.5, 0.6) is 0 Å². The highest BCUT2D eigenvalue weighted by molar-refractivity contribution is 5.69.